The number of nitrogens with zero attached hydrogens (tertiary/aromatic N) is 2. The Hall–Kier alpha value is 0.680. The van der Waals surface area contributed by atoms with Crippen LogP contribution in [-0.4, -0.2) is 40.4 Å². The summed E-state index contributed by atoms with van der Waals surface area (Å²) in [5, 5.41) is 2.12. The Balaban J connectivity index is 0.00000162. The fraction of sp³-hybridized carbons (Fsp3) is 0.545. The Morgan fingerprint density at radius 1 is 1.44 bits per heavy atom. The molecular formula is C11H15Cl3N2S2. The summed E-state index contributed by atoms with van der Waals surface area (Å²) in [6.45, 7) is 2.40. The van der Waals surface area contributed by atoms with Gasteiger partial charge in [-0.15, -0.1) is 35.9 Å². The highest BCUT2D eigenvalue weighted by Crippen LogP contribution is 2.27. The van der Waals surface area contributed by atoms with Crippen LogP contribution in [0.3, 0.4) is 0 Å². The predicted octanol–water partition coefficient (Wildman–Crippen LogP) is 4.30. The van der Waals surface area contributed by atoms with Gasteiger partial charge in [-0.05, 0) is 19.0 Å². The van der Waals surface area contributed by atoms with Gasteiger partial charge in [0.05, 0.1) is 10.0 Å². The van der Waals surface area contributed by atoms with Gasteiger partial charge in [-0.2, -0.15) is 0 Å². The summed E-state index contributed by atoms with van der Waals surface area (Å²) in [6.07, 6.45) is 2.82. The minimum Gasteiger partial charge on any atom is -0.293 e. The highest BCUT2D eigenvalue weighted by molar-refractivity contribution is 7.99. The lowest BCUT2D eigenvalue weighted by Gasteiger charge is -2.12. The molecule has 0 aliphatic carbocycles. The number of thioether (sulfide) groups is 2. The fourth-order valence-electron chi connectivity index (χ4n) is 1.59. The number of rotatable bonds is 5. The van der Waals surface area contributed by atoms with E-state index in [1.165, 1.54) is 31.1 Å². The van der Waals surface area contributed by atoms with Gasteiger partial charge in [-0.1, -0.05) is 23.2 Å². The largest absolute Gasteiger partial charge is 0.293 e. The van der Waals surface area contributed by atoms with Crippen molar-refractivity contribution in [2.24, 2.45) is 0 Å². The molecule has 0 N–H and O–H groups in total. The molecule has 0 spiro atoms. The van der Waals surface area contributed by atoms with E-state index in [0.29, 0.717) is 10.0 Å². The second-order valence-corrected chi connectivity index (χ2v) is 6.80. The first-order chi connectivity index (χ1) is 8.25. The third-order valence-electron chi connectivity index (χ3n) is 2.46. The van der Waals surface area contributed by atoms with E-state index in [9.17, 15) is 0 Å². The van der Waals surface area contributed by atoms with Crippen molar-refractivity contribution in [3.63, 3.8) is 0 Å². The van der Waals surface area contributed by atoms with Crippen molar-refractivity contribution in [1.82, 2.24) is 9.88 Å². The zero-order chi connectivity index (χ0) is 12.1. The number of hydrogen-bond donors (Lipinski definition) is 0. The lowest BCUT2D eigenvalue weighted by Crippen LogP contribution is -2.20. The molecule has 0 unspecified atom stereocenters. The van der Waals surface area contributed by atoms with E-state index in [4.69, 9.17) is 23.2 Å². The van der Waals surface area contributed by atoms with E-state index >= 15 is 0 Å². The van der Waals surface area contributed by atoms with Gasteiger partial charge in [-0.25, -0.2) is 4.98 Å². The standard InChI is InChI=1S/C11H14Cl2N2S2.ClH/c12-9-6-10(13)11(14-7-9)17-4-1-2-15-3-5-16-8-15;/h6-7H,1-5,8H2;1H. The minimum absolute atomic E-state index is 0. The van der Waals surface area contributed by atoms with Crippen LogP contribution < -0.4 is 0 Å². The summed E-state index contributed by atoms with van der Waals surface area (Å²) in [4.78, 5) is 6.72. The van der Waals surface area contributed by atoms with Crippen LogP contribution in [0.1, 0.15) is 6.42 Å². The lowest BCUT2D eigenvalue weighted by molar-refractivity contribution is 0.358. The topological polar surface area (TPSA) is 16.1 Å². The van der Waals surface area contributed by atoms with Gasteiger partial charge >= 0.3 is 0 Å². The van der Waals surface area contributed by atoms with Crippen molar-refractivity contribution in [3.8, 4) is 0 Å². The Bertz CT molecular complexity index is 373. The molecule has 0 atom stereocenters. The van der Waals surface area contributed by atoms with Gasteiger partial charge in [0, 0.05) is 30.1 Å². The van der Waals surface area contributed by atoms with Gasteiger partial charge < -0.3 is 0 Å². The van der Waals surface area contributed by atoms with Crippen LogP contribution in [0.15, 0.2) is 17.3 Å². The van der Waals surface area contributed by atoms with Crippen LogP contribution in [0, 0.1) is 0 Å². The Morgan fingerprint density at radius 2 is 2.28 bits per heavy atom. The van der Waals surface area contributed by atoms with Crippen molar-refractivity contribution >= 4 is 59.1 Å². The van der Waals surface area contributed by atoms with E-state index in [1.54, 1.807) is 24.0 Å². The normalized spacial score (nSPS) is 15.7. The van der Waals surface area contributed by atoms with Crippen LogP contribution in [0.2, 0.25) is 10.0 Å². The predicted molar refractivity (Wildman–Crippen MR) is 85.7 cm³/mol. The Morgan fingerprint density at radius 3 is 2.94 bits per heavy atom. The molecule has 1 aromatic heterocycles. The van der Waals surface area contributed by atoms with Crippen LogP contribution >= 0.6 is 59.1 Å². The molecule has 1 aromatic rings. The summed E-state index contributed by atoms with van der Waals surface area (Å²) in [7, 11) is 0. The maximum absolute atomic E-state index is 6.05. The monoisotopic (exact) mass is 344 g/mol. The molecule has 2 rings (SSSR count). The van der Waals surface area contributed by atoms with Crippen molar-refractivity contribution in [3.05, 3.63) is 22.3 Å². The molecule has 0 aromatic carbocycles. The maximum Gasteiger partial charge on any atom is 0.115 e. The molecule has 1 saturated heterocycles. The molecule has 2 heterocycles. The van der Waals surface area contributed by atoms with Crippen LogP contribution in [0.5, 0.6) is 0 Å². The smallest absolute Gasteiger partial charge is 0.115 e. The Kier molecular flexibility index (Phi) is 8.16. The summed E-state index contributed by atoms with van der Waals surface area (Å²) >= 11 is 15.6. The maximum atomic E-state index is 6.05. The molecule has 18 heavy (non-hydrogen) atoms. The molecule has 102 valence electrons. The molecule has 0 bridgehead atoms. The highest BCUT2D eigenvalue weighted by atomic mass is 35.5. The fourth-order valence-corrected chi connectivity index (χ4v) is 3.96. The van der Waals surface area contributed by atoms with Gasteiger partial charge in [0.15, 0.2) is 0 Å². The summed E-state index contributed by atoms with van der Waals surface area (Å²) in [6, 6.07) is 1.75. The SMILES string of the molecule is Cl.Clc1cnc(SCCCN2CCSC2)c(Cl)c1. The van der Waals surface area contributed by atoms with Crippen molar-refractivity contribution in [2.75, 3.05) is 30.5 Å². The molecule has 0 saturated carbocycles. The summed E-state index contributed by atoms with van der Waals surface area (Å²) < 4.78 is 0. The second-order valence-electron chi connectivity index (χ2n) is 3.80. The molecule has 2 nitrogen and oxygen atoms in total. The molecule has 0 amide bonds. The van der Waals surface area contributed by atoms with E-state index in [-0.39, 0.29) is 12.4 Å². The minimum atomic E-state index is 0. The van der Waals surface area contributed by atoms with E-state index in [1.807, 2.05) is 11.8 Å². The summed E-state index contributed by atoms with van der Waals surface area (Å²) in [5.74, 6) is 3.51. The quantitative estimate of drug-likeness (QED) is 0.584. The van der Waals surface area contributed by atoms with Crippen LogP contribution in [-0.2, 0) is 0 Å². The Labute approximate surface area is 133 Å². The summed E-state index contributed by atoms with van der Waals surface area (Å²) in [5.41, 5.74) is 0. The van der Waals surface area contributed by atoms with E-state index in [0.717, 1.165) is 10.8 Å². The van der Waals surface area contributed by atoms with Crippen molar-refractivity contribution in [2.45, 2.75) is 11.4 Å². The van der Waals surface area contributed by atoms with Gasteiger partial charge in [0.1, 0.15) is 5.03 Å². The molecule has 7 heteroatoms. The van der Waals surface area contributed by atoms with Crippen molar-refractivity contribution in [1.29, 1.82) is 0 Å². The lowest BCUT2D eigenvalue weighted by atomic mass is 10.4. The molecule has 1 aliphatic heterocycles. The average Bonchev–Trinajstić information content (AvgIpc) is 2.79. The van der Waals surface area contributed by atoms with Gasteiger partial charge in [-0.3, -0.25) is 4.90 Å². The molecule has 0 radical (unpaired) electrons. The van der Waals surface area contributed by atoms with Gasteiger partial charge in [0.2, 0.25) is 0 Å². The number of aromatic nitrogens is 1. The first kappa shape index (κ1) is 16.7. The van der Waals surface area contributed by atoms with E-state index < -0.39 is 0 Å². The van der Waals surface area contributed by atoms with Crippen LogP contribution in [0.25, 0.3) is 0 Å². The molecule has 1 aliphatic rings. The first-order valence-corrected chi connectivity index (χ1v) is 8.39. The molecule has 1 fully saturated rings. The number of halogens is 3. The third kappa shape index (κ3) is 5.35. The number of hydrogen-bond acceptors (Lipinski definition) is 4. The van der Waals surface area contributed by atoms with Crippen molar-refractivity contribution < 1.29 is 0 Å². The number of pyridine rings is 1. The van der Waals surface area contributed by atoms with Crippen LogP contribution in [0.4, 0.5) is 0 Å². The zero-order valence-electron chi connectivity index (χ0n) is 9.77. The molecular weight excluding hydrogens is 331 g/mol. The van der Waals surface area contributed by atoms with Gasteiger partial charge in [0.25, 0.3) is 0 Å². The van der Waals surface area contributed by atoms with E-state index in [2.05, 4.69) is 9.88 Å². The first-order valence-electron chi connectivity index (χ1n) is 5.49. The average molecular weight is 346 g/mol. The third-order valence-corrected chi connectivity index (χ3v) is 5.17. The highest BCUT2D eigenvalue weighted by Gasteiger charge is 2.11. The second kappa shape index (κ2) is 8.77. The zero-order valence-corrected chi connectivity index (χ0v) is 13.7.